The highest BCUT2D eigenvalue weighted by Gasteiger charge is 2.29. The number of halogens is 1. The summed E-state index contributed by atoms with van der Waals surface area (Å²) in [5.74, 6) is -0.262. The molecule has 0 saturated heterocycles. The number of sulfonamides is 1. The highest BCUT2D eigenvalue weighted by molar-refractivity contribution is 7.92. The molecule has 0 heterocycles. The van der Waals surface area contributed by atoms with Gasteiger partial charge in [0.25, 0.3) is 0 Å². The van der Waals surface area contributed by atoms with Crippen molar-refractivity contribution in [3.8, 4) is 5.75 Å². The van der Waals surface area contributed by atoms with Gasteiger partial charge in [0, 0.05) is 6.54 Å². The standard InChI is InChI=1S/C20H25FN2O4S/c1-14(2)27-19-7-5-6-16(12-19)13-22-20(24)15(3)23(28(4,25)26)18-10-8-17(21)9-11-18/h5-12,14-15H,13H2,1-4H3,(H,22,24)/t15-/m1/s1. The third-order valence-electron chi connectivity index (χ3n) is 3.91. The van der Waals surface area contributed by atoms with Crippen LogP contribution in [0.2, 0.25) is 0 Å². The fourth-order valence-corrected chi connectivity index (χ4v) is 3.91. The summed E-state index contributed by atoms with van der Waals surface area (Å²) >= 11 is 0. The molecule has 2 rings (SSSR count). The molecule has 2 aromatic rings. The Balaban J connectivity index is 2.12. The van der Waals surface area contributed by atoms with E-state index < -0.39 is 27.8 Å². The zero-order valence-corrected chi connectivity index (χ0v) is 17.2. The van der Waals surface area contributed by atoms with E-state index in [-0.39, 0.29) is 18.3 Å². The molecule has 0 spiro atoms. The van der Waals surface area contributed by atoms with Gasteiger partial charge >= 0.3 is 0 Å². The maximum atomic E-state index is 13.2. The van der Waals surface area contributed by atoms with Crippen LogP contribution in [0.25, 0.3) is 0 Å². The molecular formula is C20H25FN2O4S. The van der Waals surface area contributed by atoms with Gasteiger partial charge in [0.05, 0.1) is 18.0 Å². The number of rotatable bonds is 8. The van der Waals surface area contributed by atoms with Gasteiger partial charge in [0.1, 0.15) is 17.6 Å². The Kier molecular flexibility index (Phi) is 7.01. The predicted octanol–water partition coefficient (Wildman–Crippen LogP) is 3.08. The summed E-state index contributed by atoms with van der Waals surface area (Å²) in [4.78, 5) is 12.6. The zero-order chi connectivity index (χ0) is 20.9. The molecule has 0 radical (unpaired) electrons. The number of amides is 1. The van der Waals surface area contributed by atoms with Crippen LogP contribution in [-0.4, -0.2) is 32.7 Å². The highest BCUT2D eigenvalue weighted by atomic mass is 32.2. The monoisotopic (exact) mass is 408 g/mol. The summed E-state index contributed by atoms with van der Waals surface area (Å²) in [7, 11) is -3.75. The fourth-order valence-electron chi connectivity index (χ4n) is 2.73. The SMILES string of the molecule is CC(C)Oc1cccc(CNC(=O)[C@@H](C)N(c2ccc(F)cc2)S(C)(=O)=O)c1. The van der Waals surface area contributed by atoms with Crippen molar-refractivity contribution in [1.29, 1.82) is 0 Å². The highest BCUT2D eigenvalue weighted by Crippen LogP contribution is 2.21. The number of ether oxygens (including phenoxy) is 1. The lowest BCUT2D eigenvalue weighted by Gasteiger charge is -2.28. The van der Waals surface area contributed by atoms with E-state index in [2.05, 4.69) is 5.32 Å². The molecule has 1 N–H and O–H groups in total. The lowest BCUT2D eigenvalue weighted by Crippen LogP contribution is -2.47. The molecule has 0 aliphatic heterocycles. The van der Waals surface area contributed by atoms with Crippen molar-refractivity contribution in [2.75, 3.05) is 10.6 Å². The molecule has 0 saturated carbocycles. The molecular weight excluding hydrogens is 383 g/mol. The second kappa shape index (κ2) is 9.05. The lowest BCUT2D eigenvalue weighted by molar-refractivity contribution is -0.122. The van der Waals surface area contributed by atoms with Crippen molar-refractivity contribution in [3.05, 3.63) is 59.9 Å². The van der Waals surface area contributed by atoms with Crippen molar-refractivity contribution in [1.82, 2.24) is 5.32 Å². The molecule has 1 amide bonds. The number of carbonyl (C=O) groups excluding carboxylic acids is 1. The Labute approximate surface area is 165 Å². The summed E-state index contributed by atoms with van der Waals surface area (Å²) in [5, 5.41) is 2.74. The Morgan fingerprint density at radius 3 is 2.36 bits per heavy atom. The number of carbonyl (C=O) groups is 1. The molecule has 28 heavy (non-hydrogen) atoms. The van der Waals surface area contributed by atoms with Crippen LogP contribution in [-0.2, 0) is 21.4 Å². The van der Waals surface area contributed by atoms with Crippen LogP contribution in [0.4, 0.5) is 10.1 Å². The maximum Gasteiger partial charge on any atom is 0.243 e. The molecule has 2 aromatic carbocycles. The second-order valence-electron chi connectivity index (χ2n) is 6.74. The van der Waals surface area contributed by atoms with E-state index in [1.54, 1.807) is 0 Å². The first kappa shape index (κ1) is 21.7. The van der Waals surface area contributed by atoms with E-state index in [0.717, 1.165) is 28.3 Å². The van der Waals surface area contributed by atoms with Crippen LogP contribution >= 0.6 is 0 Å². The van der Waals surface area contributed by atoms with Crippen LogP contribution < -0.4 is 14.4 Å². The predicted molar refractivity (Wildman–Crippen MR) is 107 cm³/mol. The molecule has 0 aliphatic carbocycles. The van der Waals surface area contributed by atoms with Crippen LogP contribution in [0.15, 0.2) is 48.5 Å². The normalized spacial score (nSPS) is 12.5. The summed E-state index contributed by atoms with van der Waals surface area (Å²) in [6.07, 6.45) is 1.04. The largest absolute Gasteiger partial charge is 0.491 e. The first-order chi connectivity index (χ1) is 13.1. The third kappa shape index (κ3) is 5.95. The number of benzene rings is 2. The molecule has 8 heteroatoms. The minimum atomic E-state index is -3.75. The van der Waals surface area contributed by atoms with Gasteiger partial charge in [-0.2, -0.15) is 0 Å². The molecule has 0 aromatic heterocycles. The van der Waals surface area contributed by atoms with Crippen LogP contribution in [0.5, 0.6) is 5.75 Å². The van der Waals surface area contributed by atoms with E-state index in [4.69, 9.17) is 4.74 Å². The van der Waals surface area contributed by atoms with E-state index in [1.165, 1.54) is 19.1 Å². The van der Waals surface area contributed by atoms with Gasteiger partial charge in [-0.25, -0.2) is 12.8 Å². The summed E-state index contributed by atoms with van der Waals surface area (Å²) in [6, 6.07) is 11.3. The first-order valence-electron chi connectivity index (χ1n) is 8.86. The number of hydrogen-bond donors (Lipinski definition) is 1. The Morgan fingerprint density at radius 2 is 1.79 bits per heavy atom. The lowest BCUT2D eigenvalue weighted by atomic mass is 10.2. The molecule has 6 nitrogen and oxygen atoms in total. The van der Waals surface area contributed by atoms with Gasteiger partial charge in [-0.05, 0) is 62.7 Å². The first-order valence-corrected chi connectivity index (χ1v) is 10.7. The van der Waals surface area contributed by atoms with Gasteiger partial charge in [-0.3, -0.25) is 9.10 Å². The molecule has 0 bridgehead atoms. The van der Waals surface area contributed by atoms with Crippen molar-refractivity contribution in [2.45, 2.75) is 39.5 Å². The molecule has 0 aliphatic rings. The quantitative estimate of drug-likeness (QED) is 0.728. The van der Waals surface area contributed by atoms with Gasteiger partial charge in [-0.15, -0.1) is 0 Å². The van der Waals surface area contributed by atoms with Crippen LogP contribution in [0, 0.1) is 5.82 Å². The number of hydrogen-bond acceptors (Lipinski definition) is 4. The average Bonchev–Trinajstić information content (AvgIpc) is 2.60. The zero-order valence-electron chi connectivity index (χ0n) is 16.3. The Hall–Kier alpha value is -2.61. The minimum Gasteiger partial charge on any atom is -0.491 e. The summed E-state index contributed by atoms with van der Waals surface area (Å²) < 4.78 is 44.2. The van der Waals surface area contributed by atoms with E-state index in [9.17, 15) is 17.6 Å². The van der Waals surface area contributed by atoms with E-state index >= 15 is 0 Å². The molecule has 152 valence electrons. The third-order valence-corrected chi connectivity index (χ3v) is 5.15. The van der Waals surface area contributed by atoms with Gasteiger partial charge in [-0.1, -0.05) is 12.1 Å². The Morgan fingerprint density at radius 1 is 1.14 bits per heavy atom. The van der Waals surface area contributed by atoms with E-state index in [0.29, 0.717) is 5.75 Å². The van der Waals surface area contributed by atoms with Gasteiger partial charge in [0.2, 0.25) is 15.9 Å². The molecule has 0 unspecified atom stereocenters. The van der Waals surface area contributed by atoms with Crippen molar-refractivity contribution in [2.24, 2.45) is 0 Å². The minimum absolute atomic E-state index is 0.0314. The van der Waals surface area contributed by atoms with E-state index in [1.807, 2.05) is 38.1 Å². The average molecular weight is 408 g/mol. The van der Waals surface area contributed by atoms with Gasteiger partial charge < -0.3 is 10.1 Å². The number of anilines is 1. The number of nitrogens with zero attached hydrogens (tertiary/aromatic N) is 1. The fraction of sp³-hybridized carbons (Fsp3) is 0.350. The molecule has 0 fully saturated rings. The van der Waals surface area contributed by atoms with Crippen molar-refractivity contribution in [3.63, 3.8) is 0 Å². The summed E-state index contributed by atoms with van der Waals surface area (Å²) in [6.45, 7) is 5.55. The van der Waals surface area contributed by atoms with Crippen molar-refractivity contribution < 1.29 is 22.3 Å². The molecule has 1 atom stereocenters. The van der Waals surface area contributed by atoms with Crippen LogP contribution in [0.1, 0.15) is 26.3 Å². The smallest absolute Gasteiger partial charge is 0.243 e. The topological polar surface area (TPSA) is 75.7 Å². The van der Waals surface area contributed by atoms with Crippen LogP contribution in [0.3, 0.4) is 0 Å². The summed E-state index contributed by atoms with van der Waals surface area (Å²) in [5.41, 5.74) is 1.05. The second-order valence-corrected chi connectivity index (χ2v) is 8.60. The van der Waals surface area contributed by atoms with Gasteiger partial charge in [0.15, 0.2) is 0 Å². The maximum absolute atomic E-state index is 13.2. The number of nitrogens with one attached hydrogen (secondary N) is 1. The Bertz CT molecular complexity index is 914. The van der Waals surface area contributed by atoms with Crippen molar-refractivity contribution >= 4 is 21.6 Å².